The average molecular weight is 468 g/mol. The fraction of sp³-hybridized carbons (Fsp3) is 1.00. The summed E-state index contributed by atoms with van der Waals surface area (Å²) in [7, 11) is 0. The number of aliphatic hydroxyl groups excluding tert-OH is 7. The van der Waals surface area contributed by atoms with Crippen molar-refractivity contribution in [1.29, 1.82) is 0 Å². The maximum absolute atomic E-state index is 10.2. The van der Waals surface area contributed by atoms with E-state index >= 15 is 0 Å². The van der Waals surface area contributed by atoms with Crippen LogP contribution in [0, 0.1) is 0 Å². The van der Waals surface area contributed by atoms with E-state index in [9.17, 15) is 25.5 Å². The van der Waals surface area contributed by atoms with Crippen LogP contribution in [0.1, 0.15) is 0 Å². The zero-order valence-electron chi connectivity index (χ0n) is 12.3. The number of rotatable bonds is 5. The van der Waals surface area contributed by atoms with E-state index in [1.165, 1.54) is 23.0 Å². The van der Waals surface area contributed by atoms with E-state index in [1.807, 2.05) is 0 Å². The van der Waals surface area contributed by atoms with Crippen molar-refractivity contribution in [3.63, 3.8) is 0 Å². The van der Waals surface area contributed by atoms with Gasteiger partial charge in [-0.25, -0.2) is 0 Å². The Labute approximate surface area is 151 Å². The molecule has 0 aromatic rings. The summed E-state index contributed by atoms with van der Waals surface area (Å²) in [4.78, 5) is 0. The van der Waals surface area contributed by atoms with Crippen molar-refractivity contribution in [3.05, 3.63) is 0 Å². The molecule has 0 saturated carbocycles. The number of halogens is 1. The Morgan fingerprint density at radius 3 is 1.71 bits per heavy atom. The van der Waals surface area contributed by atoms with Gasteiger partial charge in [0.25, 0.3) is 0 Å². The molecule has 0 radical (unpaired) electrons. The largest absolute Gasteiger partial charge is 0.394 e. The molecular weight excluding hydrogens is 447 g/mol. The first-order chi connectivity index (χ1) is 11.3. The molecule has 2 aliphatic rings. The first kappa shape index (κ1) is 20.6. The maximum atomic E-state index is 10.2. The number of hydrogen-bond donors (Lipinski definition) is 7. The molecule has 11 nitrogen and oxygen atoms in total. The summed E-state index contributed by atoms with van der Waals surface area (Å²) in [5.41, 5.74) is 0. The van der Waals surface area contributed by atoms with E-state index in [-0.39, 0.29) is 0 Å². The molecule has 0 aromatic heterocycles. The topological polar surface area (TPSA) is 179 Å². The lowest BCUT2D eigenvalue weighted by molar-refractivity contribution is -0.355. The van der Waals surface area contributed by atoms with Crippen molar-refractivity contribution in [1.82, 2.24) is 0 Å². The number of hydrogen-bond acceptors (Lipinski definition) is 11. The predicted octanol–water partition coefficient (Wildman–Crippen LogP) is -4.02. The van der Waals surface area contributed by atoms with Gasteiger partial charge in [-0.05, 0) is 0 Å². The van der Waals surface area contributed by atoms with Crippen LogP contribution in [0.3, 0.4) is 0 Å². The minimum absolute atomic E-state index is 0.568. The first-order valence-corrected chi connectivity index (χ1v) is 8.09. The lowest BCUT2D eigenvalue weighted by atomic mass is 9.97. The van der Waals surface area contributed by atoms with Crippen molar-refractivity contribution in [2.24, 2.45) is 0 Å². The molecule has 2 aliphatic heterocycles. The lowest BCUT2D eigenvalue weighted by Crippen LogP contribution is -2.64. The first-order valence-electron chi connectivity index (χ1n) is 7.21. The van der Waals surface area contributed by atoms with Crippen LogP contribution < -0.4 is 0 Å². The van der Waals surface area contributed by atoms with Gasteiger partial charge in [-0.15, -0.1) is 0 Å². The molecule has 2 fully saturated rings. The molecule has 2 saturated heterocycles. The van der Waals surface area contributed by atoms with Crippen molar-refractivity contribution in [2.45, 2.75) is 61.4 Å². The number of ether oxygens (including phenoxy) is 3. The van der Waals surface area contributed by atoms with E-state index in [0.717, 1.165) is 0 Å². The summed E-state index contributed by atoms with van der Waals surface area (Å²) >= 11 is 1.47. The highest BCUT2D eigenvalue weighted by Crippen LogP contribution is 2.30. The molecule has 10 unspecified atom stereocenters. The number of aliphatic hydroxyl groups is 7. The van der Waals surface area contributed by atoms with E-state index in [2.05, 4.69) is 0 Å². The van der Waals surface area contributed by atoms with Gasteiger partial charge >= 0.3 is 0 Å². The van der Waals surface area contributed by atoms with Crippen molar-refractivity contribution in [2.75, 3.05) is 13.2 Å². The van der Waals surface area contributed by atoms with Crippen LogP contribution >= 0.6 is 23.0 Å². The lowest BCUT2D eigenvalue weighted by Gasteiger charge is -2.45. The fourth-order valence-corrected chi connectivity index (χ4v) is 3.02. The molecule has 0 amide bonds. The summed E-state index contributed by atoms with van der Waals surface area (Å²) in [5, 5.41) is 67.7. The molecule has 24 heavy (non-hydrogen) atoms. The minimum Gasteiger partial charge on any atom is -0.394 e. The zero-order valence-corrected chi connectivity index (χ0v) is 14.5. The van der Waals surface area contributed by atoms with Gasteiger partial charge < -0.3 is 50.0 Å². The van der Waals surface area contributed by atoms with Crippen LogP contribution in [0.5, 0.6) is 0 Å². The van der Waals surface area contributed by atoms with Crippen molar-refractivity contribution in [3.8, 4) is 0 Å². The summed E-state index contributed by atoms with van der Waals surface area (Å²) in [5.74, 6) is 0. The molecule has 7 N–H and O–H groups in total. The van der Waals surface area contributed by atoms with E-state index in [0.29, 0.717) is 0 Å². The van der Waals surface area contributed by atoms with Crippen LogP contribution in [0.2, 0.25) is 0 Å². The Morgan fingerprint density at radius 2 is 1.21 bits per heavy atom. The second kappa shape index (κ2) is 8.79. The third-order valence-corrected chi connectivity index (χ3v) is 4.55. The Hall–Kier alpha value is 0.290. The zero-order chi connectivity index (χ0) is 18.0. The Bertz CT molecular complexity index is 397. The monoisotopic (exact) mass is 468 g/mol. The standard InChI is InChI=1S/C12H21IO11/c13-24-12-10(8(19)6(17)4(2-15)22-12)23-11-9(20)7(18)5(16)3(1-14)21-11/h3-12,14-20H,1-2H2. The Kier molecular flexibility index (Phi) is 7.54. The predicted molar refractivity (Wildman–Crippen MR) is 81.5 cm³/mol. The molecule has 0 aliphatic carbocycles. The highest BCUT2D eigenvalue weighted by molar-refractivity contribution is 14.1. The van der Waals surface area contributed by atoms with Gasteiger partial charge in [0.2, 0.25) is 0 Å². The molecule has 142 valence electrons. The van der Waals surface area contributed by atoms with Crippen molar-refractivity contribution < 1.29 is 53.0 Å². The molecule has 0 spiro atoms. The normalized spacial score (nSPS) is 50.0. The van der Waals surface area contributed by atoms with E-state index in [4.69, 9.17) is 27.5 Å². The van der Waals surface area contributed by atoms with Crippen LogP contribution in [0.15, 0.2) is 0 Å². The quantitative estimate of drug-likeness (QED) is 0.196. The van der Waals surface area contributed by atoms with Crippen LogP contribution in [-0.2, 0) is 17.3 Å². The van der Waals surface area contributed by atoms with E-state index < -0.39 is 74.6 Å². The summed E-state index contributed by atoms with van der Waals surface area (Å²) in [6.07, 6.45) is -14.3. The van der Waals surface area contributed by atoms with Crippen molar-refractivity contribution >= 4 is 23.0 Å². The van der Waals surface area contributed by atoms with Crippen LogP contribution in [0.25, 0.3) is 0 Å². The van der Waals surface area contributed by atoms with E-state index in [1.54, 1.807) is 0 Å². The van der Waals surface area contributed by atoms with Gasteiger partial charge in [-0.3, -0.25) is 3.07 Å². The van der Waals surface area contributed by atoms with Gasteiger partial charge in [0.05, 0.1) is 13.2 Å². The average Bonchev–Trinajstić information content (AvgIpc) is 2.59. The Morgan fingerprint density at radius 1 is 0.708 bits per heavy atom. The third kappa shape index (κ3) is 3.99. The summed E-state index contributed by atoms with van der Waals surface area (Å²) in [6.45, 7) is -1.21. The van der Waals surface area contributed by atoms with Gasteiger partial charge in [0.15, 0.2) is 12.6 Å². The Balaban J connectivity index is 2.12. The summed E-state index contributed by atoms with van der Waals surface area (Å²) in [6, 6.07) is 0. The van der Waals surface area contributed by atoms with Crippen LogP contribution in [-0.4, -0.2) is 110 Å². The smallest absolute Gasteiger partial charge is 0.198 e. The maximum Gasteiger partial charge on any atom is 0.198 e. The molecule has 0 bridgehead atoms. The molecule has 2 heterocycles. The van der Waals surface area contributed by atoms with Gasteiger partial charge in [0, 0.05) is 0 Å². The molecule has 2 rings (SSSR count). The summed E-state index contributed by atoms with van der Waals surface area (Å²) < 4.78 is 20.8. The van der Waals surface area contributed by atoms with Gasteiger partial charge in [-0.2, -0.15) is 0 Å². The second-order valence-electron chi connectivity index (χ2n) is 5.59. The second-order valence-corrected chi connectivity index (χ2v) is 6.10. The van der Waals surface area contributed by atoms with Gasteiger partial charge in [-0.1, -0.05) is 0 Å². The highest BCUT2D eigenvalue weighted by atomic mass is 127. The fourth-order valence-electron chi connectivity index (χ4n) is 2.61. The third-order valence-electron chi connectivity index (χ3n) is 4.05. The molecule has 0 aromatic carbocycles. The minimum atomic E-state index is -1.68. The SMILES string of the molecule is OCC1OC(OC2C(OI)OC(CO)C(O)C2O)C(O)C(O)C1O. The van der Waals surface area contributed by atoms with Crippen LogP contribution in [0.4, 0.5) is 0 Å². The highest BCUT2D eigenvalue weighted by Gasteiger charge is 2.50. The molecule has 10 atom stereocenters. The molecular formula is C12H21IO11. The molecule has 12 heteroatoms. The van der Waals surface area contributed by atoms with Gasteiger partial charge in [0.1, 0.15) is 71.8 Å².